The van der Waals surface area contributed by atoms with Crippen LogP contribution in [0.3, 0.4) is 0 Å². The summed E-state index contributed by atoms with van der Waals surface area (Å²) in [6, 6.07) is 17.1. The van der Waals surface area contributed by atoms with Crippen LogP contribution in [0.4, 0.5) is 0 Å². The highest BCUT2D eigenvalue weighted by atomic mass is 16.1. The molecule has 0 amide bonds. The summed E-state index contributed by atoms with van der Waals surface area (Å²) in [4.78, 5) is 12.5. The van der Waals surface area contributed by atoms with Gasteiger partial charge in [-0.15, -0.1) is 0 Å². The first-order chi connectivity index (χ1) is 13.3. The Morgan fingerprint density at radius 1 is 0.667 bits per heavy atom. The summed E-state index contributed by atoms with van der Waals surface area (Å²) < 4.78 is 0. The molecule has 140 valence electrons. The average Bonchev–Trinajstić information content (AvgIpc) is 3.28. The molecule has 2 aromatic rings. The summed E-state index contributed by atoms with van der Waals surface area (Å²) >= 11 is 0. The van der Waals surface area contributed by atoms with Gasteiger partial charge in [0.1, 0.15) is 0 Å². The van der Waals surface area contributed by atoms with Crippen molar-refractivity contribution in [3.8, 4) is 0 Å². The van der Waals surface area contributed by atoms with E-state index in [0.717, 1.165) is 17.0 Å². The molecule has 1 heteroatoms. The number of rotatable bonds is 5. The minimum atomic E-state index is 0.0880. The molecule has 0 spiro atoms. The Balaban J connectivity index is 1.37. The van der Waals surface area contributed by atoms with Crippen LogP contribution in [0, 0.1) is 0 Å². The molecule has 1 nitrogen and oxygen atoms in total. The van der Waals surface area contributed by atoms with Crippen LogP contribution in [0.2, 0.25) is 0 Å². The number of allylic oxidation sites excluding steroid dienone is 1. The zero-order valence-electron chi connectivity index (χ0n) is 16.2. The minimum absolute atomic E-state index is 0.0880. The molecule has 0 atom stereocenters. The van der Waals surface area contributed by atoms with Crippen LogP contribution in [0.5, 0.6) is 0 Å². The molecule has 0 saturated heterocycles. The molecule has 0 aromatic heterocycles. The lowest BCUT2D eigenvalue weighted by molar-refractivity contribution is 0.104. The maximum atomic E-state index is 12.5. The lowest BCUT2D eigenvalue weighted by Crippen LogP contribution is -2.05. The standard InChI is InChI=1S/C26H30O/c27-26(25-17-15-24(16-18-25)21-6-2-1-3-7-21)19-12-20-10-13-23(14-11-20)22-8-4-5-9-22/h10-19,21-22H,1-9H2. The van der Waals surface area contributed by atoms with Crippen molar-refractivity contribution in [3.63, 3.8) is 0 Å². The van der Waals surface area contributed by atoms with Crippen molar-refractivity contribution in [2.24, 2.45) is 0 Å². The quantitative estimate of drug-likeness (QED) is 0.405. The van der Waals surface area contributed by atoms with E-state index < -0.39 is 0 Å². The lowest BCUT2D eigenvalue weighted by Gasteiger charge is -2.21. The molecule has 0 bridgehead atoms. The van der Waals surface area contributed by atoms with Gasteiger partial charge in [-0.1, -0.05) is 86.7 Å². The van der Waals surface area contributed by atoms with Gasteiger partial charge in [0.25, 0.3) is 0 Å². The van der Waals surface area contributed by atoms with Crippen LogP contribution in [0.1, 0.15) is 96.7 Å². The second-order valence-corrected chi connectivity index (χ2v) is 8.30. The summed E-state index contributed by atoms with van der Waals surface area (Å²) in [7, 11) is 0. The zero-order chi connectivity index (χ0) is 18.5. The highest BCUT2D eigenvalue weighted by Gasteiger charge is 2.17. The van der Waals surface area contributed by atoms with E-state index in [1.807, 2.05) is 18.2 Å². The first-order valence-corrected chi connectivity index (χ1v) is 10.7. The summed E-state index contributed by atoms with van der Waals surface area (Å²) in [6.07, 6.45) is 15.7. The van der Waals surface area contributed by atoms with Crippen LogP contribution in [-0.2, 0) is 0 Å². The smallest absolute Gasteiger partial charge is 0.185 e. The van der Waals surface area contributed by atoms with Crippen molar-refractivity contribution in [3.05, 3.63) is 76.9 Å². The SMILES string of the molecule is O=C(C=Cc1ccc(C2CCCC2)cc1)c1ccc(C2CCCCC2)cc1. The molecule has 0 unspecified atom stereocenters. The van der Waals surface area contributed by atoms with Crippen molar-refractivity contribution in [1.29, 1.82) is 0 Å². The van der Waals surface area contributed by atoms with E-state index in [9.17, 15) is 4.79 Å². The molecule has 0 aliphatic heterocycles. The molecule has 2 aromatic carbocycles. The van der Waals surface area contributed by atoms with E-state index in [2.05, 4.69) is 36.4 Å². The number of ketones is 1. The third kappa shape index (κ3) is 4.58. The Morgan fingerprint density at radius 3 is 1.70 bits per heavy atom. The molecule has 2 aliphatic rings. The van der Waals surface area contributed by atoms with E-state index in [1.54, 1.807) is 6.08 Å². The maximum absolute atomic E-state index is 12.5. The number of benzene rings is 2. The van der Waals surface area contributed by atoms with Gasteiger partial charge in [-0.05, 0) is 60.3 Å². The topological polar surface area (TPSA) is 17.1 Å². The minimum Gasteiger partial charge on any atom is -0.289 e. The van der Waals surface area contributed by atoms with Gasteiger partial charge in [0.15, 0.2) is 5.78 Å². The van der Waals surface area contributed by atoms with Crippen molar-refractivity contribution < 1.29 is 4.79 Å². The Bertz CT molecular complexity index is 770. The van der Waals surface area contributed by atoms with Crippen molar-refractivity contribution in [2.45, 2.75) is 69.6 Å². The summed E-state index contributed by atoms with van der Waals surface area (Å²) in [6.45, 7) is 0. The predicted molar refractivity (Wildman–Crippen MR) is 113 cm³/mol. The number of hydrogen-bond acceptors (Lipinski definition) is 1. The molecular formula is C26H30O. The van der Waals surface area contributed by atoms with Gasteiger partial charge in [-0.3, -0.25) is 4.79 Å². The van der Waals surface area contributed by atoms with Gasteiger partial charge in [-0.2, -0.15) is 0 Å². The van der Waals surface area contributed by atoms with E-state index in [4.69, 9.17) is 0 Å². The monoisotopic (exact) mass is 358 g/mol. The summed E-state index contributed by atoms with van der Waals surface area (Å²) in [5, 5.41) is 0. The van der Waals surface area contributed by atoms with Gasteiger partial charge in [0.2, 0.25) is 0 Å². The summed E-state index contributed by atoms with van der Waals surface area (Å²) in [5.74, 6) is 1.52. The largest absolute Gasteiger partial charge is 0.289 e. The molecular weight excluding hydrogens is 328 g/mol. The number of hydrogen-bond donors (Lipinski definition) is 0. The molecule has 2 fully saturated rings. The lowest BCUT2D eigenvalue weighted by atomic mass is 9.84. The molecule has 0 radical (unpaired) electrons. The van der Waals surface area contributed by atoms with Crippen molar-refractivity contribution >= 4 is 11.9 Å². The van der Waals surface area contributed by atoms with Crippen LogP contribution >= 0.6 is 0 Å². The fourth-order valence-corrected chi connectivity index (χ4v) is 4.76. The first-order valence-electron chi connectivity index (χ1n) is 10.7. The molecule has 2 aliphatic carbocycles. The Kier molecular flexibility index (Phi) is 5.87. The van der Waals surface area contributed by atoms with Gasteiger partial charge < -0.3 is 0 Å². The second kappa shape index (κ2) is 8.69. The van der Waals surface area contributed by atoms with Gasteiger partial charge in [-0.25, -0.2) is 0 Å². The Labute approximate surface area is 163 Å². The van der Waals surface area contributed by atoms with E-state index >= 15 is 0 Å². The normalized spacial score (nSPS) is 19.0. The number of carbonyl (C=O) groups is 1. The Hall–Kier alpha value is -2.15. The van der Waals surface area contributed by atoms with Crippen molar-refractivity contribution in [2.75, 3.05) is 0 Å². The van der Waals surface area contributed by atoms with Crippen LogP contribution in [0.15, 0.2) is 54.6 Å². The van der Waals surface area contributed by atoms with Gasteiger partial charge >= 0.3 is 0 Å². The van der Waals surface area contributed by atoms with Crippen LogP contribution in [-0.4, -0.2) is 5.78 Å². The summed E-state index contributed by atoms with van der Waals surface area (Å²) in [5.41, 5.74) is 4.74. The fourth-order valence-electron chi connectivity index (χ4n) is 4.76. The predicted octanol–water partition coefficient (Wildman–Crippen LogP) is 7.29. The second-order valence-electron chi connectivity index (χ2n) is 8.30. The molecule has 4 rings (SSSR count). The fraction of sp³-hybridized carbons (Fsp3) is 0.423. The zero-order valence-corrected chi connectivity index (χ0v) is 16.2. The molecule has 0 heterocycles. The van der Waals surface area contributed by atoms with Gasteiger partial charge in [0.05, 0.1) is 0 Å². The molecule has 2 saturated carbocycles. The van der Waals surface area contributed by atoms with E-state index in [0.29, 0.717) is 5.92 Å². The first kappa shape index (κ1) is 18.2. The maximum Gasteiger partial charge on any atom is 0.185 e. The van der Waals surface area contributed by atoms with Crippen LogP contribution < -0.4 is 0 Å². The van der Waals surface area contributed by atoms with Gasteiger partial charge in [0, 0.05) is 5.56 Å². The van der Waals surface area contributed by atoms with Crippen molar-refractivity contribution in [1.82, 2.24) is 0 Å². The third-order valence-corrected chi connectivity index (χ3v) is 6.46. The molecule has 27 heavy (non-hydrogen) atoms. The molecule has 0 N–H and O–H groups in total. The highest BCUT2D eigenvalue weighted by molar-refractivity contribution is 6.06. The average molecular weight is 359 g/mol. The number of carbonyl (C=O) groups excluding carboxylic acids is 1. The van der Waals surface area contributed by atoms with E-state index in [1.165, 1.54) is 68.9 Å². The van der Waals surface area contributed by atoms with Crippen LogP contribution in [0.25, 0.3) is 6.08 Å². The third-order valence-electron chi connectivity index (χ3n) is 6.46. The highest BCUT2D eigenvalue weighted by Crippen LogP contribution is 2.34. The Morgan fingerprint density at radius 2 is 1.15 bits per heavy atom. The van der Waals surface area contributed by atoms with E-state index in [-0.39, 0.29) is 5.78 Å².